The first-order valence-electron chi connectivity index (χ1n) is 16.5. The number of cyclic esters (lactones) is 1. The summed E-state index contributed by atoms with van der Waals surface area (Å²) in [5, 5.41) is 21.5. The summed E-state index contributed by atoms with van der Waals surface area (Å²) in [7, 11) is 0.776. The van der Waals surface area contributed by atoms with Gasteiger partial charge < -0.3 is 47.9 Å². The van der Waals surface area contributed by atoms with Gasteiger partial charge in [0.25, 0.3) is 0 Å². The Labute approximate surface area is 275 Å². The van der Waals surface area contributed by atoms with Crippen molar-refractivity contribution < 1.29 is 53.0 Å². The summed E-state index contributed by atoms with van der Waals surface area (Å²) in [5.74, 6) is -3.13. The maximum Gasteiger partial charge on any atom is 0.402 e. The van der Waals surface area contributed by atoms with Gasteiger partial charge in [-0.2, -0.15) is 0 Å². The summed E-state index contributed by atoms with van der Waals surface area (Å²) in [4.78, 5) is 26.6. The number of ether oxygens (including phenoxy) is 7. The molecule has 0 spiro atoms. The number of aliphatic hydroxyl groups excluding tert-OH is 1. The van der Waals surface area contributed by atoms with Gasteiger partial charge in [0.05, 0.1) is 43.5 Å². The SMILES string of the molecule is CO[C@@H]1/C=C(\C)C[C@H](CO)OC(=O)C[C@]2(O)C[C@H](O[C@@H]3O[C@@H](C)[C@H]4N([Si](C)(C)C(C)(C)C)C(=O)O[C@@]4(C)[C@H]3OC)[C@@H](C)[C@@H](O2)[C@@H]1C. The molecular weight excluding hydrogens is 614 g/mol. The average Bonchev–Trinajstić information content (AvgIpc) is 3.23. The molecule has 4 aliphatic rings. The lowest BCUT2D eigenvalue weighted by Gasteiger charge is -2.54. The molecule has 2 bridgehead atoms. The molecule has 0 unspecified atom stereocenters. The number of aliphatic hydroxyl groups is 2. The molecule has 12 nitrogen and oxygen atoms in total. The van der Waals surface area contributed by atoms with Gasteiger partial charge in [0.2, 0.25) is 0 Å². The maximum atomic E-state index is 13.6. The molecule has 0 radical (unpaired) electrons. The Kier molecular flexibility index (Phi) is 10.8. The molecular formula is C33H57NO11Si. The van der Waals surface area contributed by atoms with Crippen LogP contribution >= 0.6 is 0 Å². The average molecular weight is 672 g/mol. The third-order valence-electron chi connectivity index (χ3n) is 11.2. The van der Waals surface area contributed by atoms with Crippen LogP contribution in [-0.2, 0) is 38.0 Å². The molecule has 3 fully saturated rings. The largest absolute Gasteiger partial charge is 0.459 e. The van der Waals surface area contributed by atoms with Crippen LogP contribution in [-0.4, -0.2) is 116 Å². The van der Waals surface area contributed by atoms with E-state index < -0.39 is 74.9 Å². The van der Waals surface area contributed by atoms with Crippen molar-refractivity contribution in [2.75, 3.05) is 20.8 Å². The number of carbonyl (C=O) groups is 2. The molecule has 46 heavy (non-hydrogen) atoms. The molecule has 4 aliphatic heterocycles. The van der Waals surface area contributed by atoms with Crippen LogP contribution in [0.2, 0.25) is 18.1 Å². The van der Waals surface area contributed by atoms with E-state index in [0.717, 1.165) is 5.57 Å². The second-order valence-corrected chi connectivity index (χ2v) is 20.7. The number of rotatable bonds is 6. The lowest BCUT2D eigenvalue weighted by Crippen LogP contribution is -2.71. The van der Waals surface area contributed by atoms with Gasteiger partial charge in [0.15, 0.2) is 25.9 Å². The minimum atomic E-state index is -2.38. The van der Waals surface area contributed by atoms with E-state index in [4.69, 9.17) is 33.2 Å². The standard InChI is InChI=1S/C33H57NO11Si/c1-18-13-22(17-35)42-25(36)16-33(38)15-24(20(3)26(44-33)19(2)23(14-18)39-9)43-29-28(40-10)32(8)27(21(4)41-29)34(30(37)45-32)46(11,12)31(5,6)7/h14,19-24,26-29,35,38H,13,15-17H2,1-12H3/b18-14+/t19-,20-,21+,22-,23-,24+,26+,27-,28+,29+,32-,33+/m1/s1. The number of fused-ring (bicyclic) bond motifs is 3. The number of amides is 1. The Hall–Kier alpha value is -1.58. The third-order valence-corrected chi connectivity index (χ3v) is 16.5. The molecule has 264 valence electrons. The summed E-state index contributed by atoms with van der Waals surface area (Å²) >= 11 is 0. The normalized spacial score (nSPS) is 43.9. The molecule has 0 aliphatic carbocycles. The summed E-state index contributed by atoms with van der Waals surface area (Å²) < 4.78 is 45.1. The highest BCUT2D eigenvalue weighted by molar-refractivity contribution is 6.79. The second-order valence-electron chi connectivity index (χ2n) is 15.6. The Morgan fingerprint density at radius 3 is 2.33 bits per heavy atom. The van der Waals surface area contributed by atoms with Crippen molar-refractivity contribution in [2.24, 2.45) is 11.8 Å². The number of hydrogen-bond acceptors (Lipinski definition) is 11. The van der Waals surface area contributed by atoms with Crippen LogP contribution in [0.25, 0.3) is 0 Å². The zero-order valence-electron chi connectivity index (χ0n) is 29.7. The van der Waals surface area contributed by atoms with E-state index >= 15 is 0 Å². The monoisotopic (exact) mass is 671 g/mol. The lowest BCUT2D eigenvalue weighted by atomic mass is 9.79. The molecule has 0 saturated carbocycles. The zero-order valence-corrected chi connectivity index (χ0v) is 30.7. The fraction of sp³-hybridized carbons (Fsp3) is 0.879. The molecule has 0 aromatic carbocycles. The van der Waals surface area contributed by atoms with E-state index in [2.05, 4.69) is 33.9 Å². The van der Waals surface area contributed by atoms with Crippen LogP contribution in [0, 0.1) is 11.8 Å². The number of methoxy groups -OCH3 is 2. The van der Waals surface area contributed by atoms with Gasteiger partial charge in [-0.25, -0.2) is 4.79 Å². The van der Waals surface area contributed by atoms with E-state index in [0.29, 0.717) is 6.42 Å². The van der Waals surface area contributed by atoms with Crippen LogP contribution in [0.1, 0.15) is 74.7 Å². The molecule has 13 heteroatoms. The fourth-order valence-corrected chi connectivity index (χ4v) is 10.1. The Morgan fingerprint density at radius 2 is 1.76 bits per heavy atom. The van der Waals surface area contributed by atoms with Gasteiger partial charge >= 0.3 is 12.1 Å². The minimum Gasteiger partial charge on any atom is -0.459 e. The first-order chi connectivity index (χ1) is 21.2. The summed E-state index contributed by atoms with van der Waals surface area (Å²) in [6.45, 7) is 20.1. The smallest absolute Gasteiger partial charge is 0.402 e. The first-order valence-corrected chi connectivity index (χ1v) is 19.4. The Bertz CT molecular complexity index is 1160. The molecule has 2 N–H and O–H groups in total. The van der Waals surface area contributed by atoms with Crippen LogP contribution < -0.4 is 0 Å². The molecule has 3 saturated heterocycles. The van der Waals surface area contributed by atoms with Crippen molar-refractivity contribution in [1.82, 2.24) is 4.57 Å². The van der Waals surface area contributed by atoms with Crippen molar-refractivity contribution in [1.29, 1.82) is 0 Å². The van der Waals surface area contributed by atoms with Crippen LogP contribution in [0.3, 0.4) is 0 Å². The molecule has 0 aromatic heterocycles. The highest BCUT2D eigenvalue weighted by atomic mass is 28.3. The third kappa shape index (κ3) is 6.80. The second kappa shape index (κ2) is 13.4. The van der Waals surface area contributed by atoms with Crippen molar-refractivity contribution in [3.63, 3.8) is 0 Å². The van der Waals surface area contributed by atoms with Crippen molar-refractivity contribution in [2.45, 2.75) is 153 Å². The lowest BCUT2D eigenvalue weighted by molar-refractivity contribution is -0.349. The number of esters is 1. The van der Waals surface area contributed by atoms with Gasteiger partial charge in [0, 0.05) is 38.9 Å². The maximum absolute atomic E-state index is 13.6. The van der Waals surface area contributed by atoms with E-state index in [1.807, 2.05) is 45.3 Å². The van der Waals surface area contributed by atoms with E-state index in [1.54, 1.807) is 14.2 Å². The number of hydrogen-bond donors (Lipinski definition) is 2. The quantitative estimate of drug-likeness (QED) is 0.239. The molecule has 4 rings (SSSR count). The first kappa shape index (κ1) is 37.2. The van der Waals surface area contributed by atoms with E-state index in [9.17, 15) is 19.8 Å². The predicted octanol–water partition coefficient (Wildman–Crippen LogP) is 4.13. The Morgan fingerprint density at radius 1 is 1.11 bits per heavy atom. The molecule has 4 heterocycles. The van der Waals surface area contributed by atoms with E-state index in [-0.39, 0.29) is 42.1 Å². The Balaban J connectivity index is 1.67. The van der Waals surface area contributed by atoms with Gasteiger partial charge in [-0.05, 0) is 25.8 Å². The van der Waals surface area contributed by atoms with Crippen molar-refractivity contribution in [3.05, 3.63) is 11.6 Å². The molecule has 1 amide bonds. The highest BCUT2D eigenvalue weighted by Crippen LogP contribution is 2.50. The molecule has 0 aromatic rings. The highest BCUT2D eigenvalue weighted by Gasteiger charge is 2.68. The molecule has 12 atom stereocenters. The predicted molar refractivity (Wildman–Crippen MR) is 171 cm³/mol. The van der Waals surface area contributed by atoms with Crippen LogP contribution in [0.4, 0.5) is 4.79 Å². The minimum absolute atomic E-state index is 0.0521. The zero-order chi connectivity index (χ0) is 34.6. The number of carbonyl (C=O) groups excluding carboxylic acids is 2. The summed E-state index contributed by atoms with van der Waals surface area (Å²) in [6, 6.07) is -0.403. The summed E-state index contributed by atoms with van der Waals surface area (Å²) in [5.41, 5.74) is -0.184. The van der Waals surface area contributed by atoms with Gasteiger partial charge in [0.1, 0.15) is 12.2 Å². The van der Waals surface area contributed by atoms with Crippen molar-refractivity contribution in [3.8, 4) is 0 Å². The summed E-state index contributed by atoms with van der Waals surface area (Å²) in [6.07, 6.45) is -3.18. The van der Waals surface area contributed by atoms with Gasteiger partial charge in [-0.3, -0.25) is 4.79 Å². The van der Waals surface area contributed by atoms with E-state index in [1.165, 1.54) is 0 Å². The number of nitrogens with zero attached hydrogens (tertiary/aromatic N) is 1. The fourth-order valence-electron chi connectivity index (χ4n) is 7.67. The van der Waals surface area contributed by atoms with Crippen molar-refractivity contribution >= 4 is 20.3 Å². The van der Waals surface area contributed by atoms with Gasteiger partial charge in [-0.1, -0.05) is 59.4 Å². The topological polar surface area (TPSA) is 142 Å². The van der Waals surface area contributed by atoms with Crippen LogP contribution in [0.5, 0.6) is 0 Å². The van der Waals surface area contributed by atoms with Gasteiger partial charge in [-0.15, -0.1) is 0 Å². The van der Waals surface area contributed by atoms with Crippen LogP contribution in [0.15, 0.2) is 11.6 Å².